The van der Waals surface area contributed by atoms with Crippen molar-refractivity contribution >= 4 is 13.6 Å². The van der Waals surface area contributed by atoms with Crippen LogP contribution in [0.25, 0.3) is 0 Å². The molecule has 6 rings (SSSR count). The molecule has 11 atom stereocenters. The summed E-state index contributed by atoms with van der Waals surface area (Å²) in [5, 5.41) is 22.4. The molecule has 0 bridgehead atoms. The van der Waals surface area contributed by atoms with Crippen LogP contribution in [0.3, 0.4) is 0 Å². The zero-order valence-corrected chi connectivity index (χ0v) is 23.1. The maximum absolute atomic E-state index is 13.1. The molecule has 0 aromatic heterocycles. The topological polar surface area (TPSA) is 66.8 Å². The van der Waals surface area contributed by atoms with E-state index in [4.69, 9.17) is 12.6 Å². The third-order valence-corrected chi connectivity index (χ3v) is 13.6. The van der Waals surface area contributed by atoms with Crippen LogP contribution < -0.4 is 0 Å². The predicted octanol–water partition coefficient (Wildman–Crippen LogP) is 5.24. The summed E-state index contributed by atoms with van der Waals surface area (Å²) < 4.78 is 6.67. The molecule has 4 nitrogen and oxygen atoms in total. The molecule has 0 aromatic carbocycles. The summed E-state index contributed by atoms with van der Waals surface area (Å²) in [5.41, 5.74) is -1.10. The monoisotopic (exact) mass is 482 g/mol. The van der Waals surface area contributed by atoms with Crippen LogP contribution in [0.5, 0.6) is 0 Å². The molecule has 1 saturated heterocycles. The Balaban J connectivity index is 1.35. The van der Waals surface area contributed by atoms with Crippen molar-refractivity contribution < 1.29 is 19.7 Å². The summed E-state index contributed by atoms with van der Waals surface area (Å²) in [6.45, 7) is 15.2. The van der Waals surface area contributed by atoms with E-state index >= 15 is 0 Å². The lowest BCUT2D eigenvalue weighted by molar-refractivity contribution is -0.192. The molecule has 5 saturated carbocycles. The van der Waals surface area contributed by atoms with Crippen LogP contribution in [0.1, 0.15) is 106 Å². The number of aliphatic hydroxyl groups is 2. The highest BCUT2D eigenvalue weighted by Crippen LogP contribution is 2.89. The van der Waals surface area contributed by atoms with Crippen molar-refractivity contribution in [1.82, 2.24) is 0 Å². The number of carbonyl (C=O) groups is 1. The van der Waals surface area contributed by atoms with Gasteiger partial charge in [-0.1, -0.05) is 27.7 Å². The molecule has 1 heterocycles. The van der Waals surface area contributed by atoms with Crippen LogP contribution in [0.4, 0.5) is 0 Å². The summed E-state index contributed by atoms with van der Waals surface area (Å²) >= 11 is 0. The zero-order chi connectivity index (χ0) is 25.6. The fourth-order valence-electron chi connectivity index (χ4n) is 12.1. The first kappa shape index (κ1) is 24.9. The molecule has 0 amide bonds. The summed E-state index contributed by atoms with van der Waals surface area (Å²) in [7, 11) is 6.52. The minimum Gasteiger partial charge on any atom is -0.393 e. The van der Waals surface area contributed by atoms with Crippen molar-refractivity contribution in [3.63, 3.8) is 0 Å². The highest BCUT2D eigenvalue weighted by atomic mass is 16.5. The Bertz CT molecular complexity index is 956. The molecule has 0 aromatic rings. The lowest BCUT2D eigenvalue weighted by Crippen LogP contribution is -2.59. The normalized spacial score (nSPS) is 58.8. The van der Waals surface area contributed by atoms with Gasteiger partial charge in [-0.2, -0.15) is 0 Å². The van der Waals surface area contributed by atoms with Gasteiger partial charge in [-0.15, -0.1) is 0 Å². The number of ether oxygens (including phenoxy) is 1. The fourth-order valence-corrected chi connectivity index (χ4v) is 12.1. The SMILES string of the molecule is [B][C@@H]1C[C@]23C[C@]24CC[C@]2(C)C([C@]5(C)CC[C@H](C(C)(C)O)O5)[C@@H](O)C[C@@]2(C)C4CCC3C(C)(C)C1=O. The number of fused-ring (bicyclic) bond motifs is 2. The fraction of sp³-hybridized carbons (Fsp3) is 0.967. The lowest BCUT2D eigenvalue weighted by Gasteiger charge is -2.63. The summed E-state index contributed by atoms with van der Waals surface area (Å²) in [4.78, 5) is 13.1. The molecule has 2 N–H and O–H groups in total. The van der Waals surface area contributed by atoms with Gasteiger partial charge in [-0.05, 0) is 118 Å². The third-order valence-electron chi connectivity index (χ3n) is 13.6. The Morgan fingerprint density at radius 2 is 1.57 bits per heavy atom. The molecule has 194 valence electrons. The number of rotatable bonds is 2. The highest BCUT2D eigenvalue weighted by Gasteiger charge is 2.84. The van der Waals surface area contributed by atoms with Crippen LogP contribution in [0, 0.1) is 44.8 Å². The van der Waals surface area contributed by atoms with E-state index in [9.17, 15) is 15.0 Å². The molecule has 1 aliphatic heterocycles. The second-order valence-corrected chi connectivity index (χ2v) is 15.8. The van der Waals surface area contributed by atoms with Crippen LogP contribution in [-0.4, -0.2) is 47.3 Å². The van der Waals surface area contributed by atoms with E-state index < -0.39 is 11.2 Å². The molecular weight excluding hydrogens is 435 g/mol. The molecule has 5 heteroatoms. The predicted molar refractivity (Wildman–Crippen MR) is 137 cm³/mol. The van der Waals surface area contributed by atoms with Crippen molar-refractivity contribution in [2.24, 2.45) is 44.8 Å². The molecular formula is C30H47BO4. The van der Waals surface area contributed by atoms with Crippen molar-refractivity contribution in [1.29, 1.82) is 0 Å². The smallest absolute Gasteiger partial charge is 0.133 e. The Kier molecular flexibility index (Phi) is 4.83. The first-order valence-corrected chi connectivity index (χ1v) is 14.4. The van der Waals surface area contributed by atoms with Crippen LogP contribution in [-0.2, 0) is 9.53 Å². The van der Waals surface area contributed by atoms with Gasteiger partial charge in [0, 0.05) is 11.3 Å². The van der Waals surface area contributed by atoms with Crippen LogP contribution in [0.2, 0.25) is 5.82 Å². The second kappa shape index (κ2) is 6.78. The summed E-state index contributed by atoms with van der Waals surface area (Å²) in [6, 6.07) is 0. The van der Waals surface area contributed by atoms with E-state index in [1.165, 1.54) is 12.8 Å². The van der Waals surface area contributed by atoms with Gasteiger partial charge in [-0.25, -0.2) is 0 Å². The van der Waals surface area contributed by atoms with Crippen LogP contribution >= 0.6 is 0 Å². The van der Waals surface area contributed by atoms with Gasteiger partial charge in [0.2, 0.25) is 0 Å². The molecule has 6 fully saturated rings. The van der Waals surface area contributed by atoms with Gasteiger partial charge >= 0.3 is 0 Å². The average Bonchev–Trinajstić information content (AvgIpc) is 3.10. The quantitative estimate of drug-likeness (QED) is 0.529. The van der Waals surface area contributed by atoms with E-state index in [1.54, 1.807) is 0 Å². The number of carbonyl (C=O) groups excluding carboxylic acids is 1. The van der Waals surface area contributed by atoms with Gasteiger partial charge in [0.15, 0.2) is 0 Å². The van der Waals surface area contributed by atoms with Crippen molar-refractivity contribution in [2.75, 3.05) is 0 Å². The van der Waals surface area contributed by atoms with Crippen molar-refractivity contribution in [3.05, 3.63) is 0 Å². The van der Waals surface area contributed by atoms with E-state index in [0.29, 0.717) is 11.8 Å². The Morgan fingerprint density at radius 1 is 0.914 bits per heavy atom. The van der Waals surface area contributed by atoms with Crippen LogP contribution in [0.15, 0.2) is 0 Å². The largest absolute Gasteiger partial charge is 0.393 e. The average molecular weight is 483 g/mol. The van der Waals surface area contributed by atoms with Crippen molar-refractivity contribution in [3.8, 4) is 0 Å². The van der Waals surface area contributed by atoms with Gasteiger partial charge in [0.05, 0.1) is 31.3 Å². The van der Waals surface area contributed by atoms with E-state index in [2.05, 4.69) is 34.6 Å². The van der Waals surface area contributed by atoms with E-state index in [1.807, 2.05) is 13.8 Å². The highest BCUT2D eigenvalue weighted by molar-refractivity contribution is 6.25. The zero-order valence-electron chi connectivity index (χ0n) is 23.1. The van der Waals surface area contributed by atoms with E-state index in [0.717, 1.165) is 44.9 Å². The molecule has 5 aliphatic carbocycles. The first-order chi connectivity index (χ1) is 16.0. The summed E-state index contributed by atoms with van der Waals surface area (Å²) in [5.74, 6) is 1.02. The number of hydrogen-bond acceptors (Lipinski definition) is 4. The molecule has 35 heavy (non-hydrogen) atoms. The van der Waals surface area contributed by atoms with Gasteiger partial charge in [0.1, 0.15) is 5.78 Å². The number of aliphatic hydroxyl groups excluding tert-OH is 1. The number of ketones is 1. The van der Waals surface area contributed by atoms with Crippen molar-refractivity contribution in [2.45, 2.75) is 135 Å². The summed E-state index contributed by atoms with van der Waals surface area (Å²) in [6.07, 6.45) is 8.65. The minimum absolute atomic E-state index is 0.00961. The number of hydrogen-bond donors (Lipinski definition) is 2. The van der Waals surface area contributed by atoms with Gasteiger partial charge < -0.3 is 14.9 Å². The second-order valence-electron chi connectivity index (χ2n) is 15.8. The van der Waals surface area contributed by atoms with E-state index in [-0.39, 0.29) is 56.8 Å². The Morgan fingerprint density at radius 3 is 2.20 bits per heavy atom. The first-order valence-electron chi connectivity index (χ1n) is 14.4. The Hall–Kier alpha value is -0.385. The van der Waals surface area contributed by atoms with Gasteiger partial charge in [-0.3, -0.25) is 4.79 Å². The standard InChI is InChI=1S/C30H47BO4/c1-24(2)19-8-9-20-27(6)15-18(32)22(28(7)11-10-21(35-28)25(3,4)34)26(27,5)12-13-29(20)16-30(19,29)14-17(31)23(24)33/h17-22,32,34H,8-16H2,1-7H3/t17-,18+,19?,20?,21-,22?,26-,27+,28+,29+,30-/m1/s1. The lowest BCUT2D eigenvalue weighted by atomic mass is 9.40. The minimum atomic E-state index is -0.870. The molecule has 2 spiro atoms. The Labute approximate surface area is 213 Å². The number of Topliss-reactive ketones (excluding diaryl/α,β-unsaturated/α-hetero) is 1. The maximum atomic E-state index is 13.1. The molecule has 3 unspecified atom stereocenters. The third kappa shape index (κ3) is 2.75. The molecule has 6 aliphatic rings. The molecule has 2 radical (unpaired) electrons. The maximum Gasteiger partial charge on any atom is 0.133 e. The van der Waals surface area contributed by atoms with Gasteiger partial charge in [0.25, 0.3) is 0 Å².